The Balaban J connectivity index is 2.53. The van der Waals surface area contributed by atoms with E-state index in [-0.39, 0.29) is 11.8 Å². The number of carbonyl (C=O) groups excluding carboxylic acids is 2. The highest BCUT2D eigenvalue weighted by Gasteiger charge is 2.28. The van der Waals surface area contributed by atoms with Crippen molar-refractivity contribution in [2.45, 2.75) is 33.6 Å². The van der Waals surface area contributed by atoms with Gasteiger partial charge in [0.25, 0.3) is 0 Å². The molecule has 1 saturated heterocycles. The van der Waals surface area contributed by atoms with E-state index in [4.69, 9.17) is 0 Å². The number of rotatable bonds is 5. The fourth-order valence-electron chi connectivity index (χ4n) is 2.39. The van der Waals surface area contributed by atoms with Crippen LogP contribution in [0.4, 0.5) is 0 Å². The minimum atomic E-state index is -0.325. The molecule has 0 unspecified atom stereocenters. The summed E-state index contributed by atoms with van der Waals surface area (Å²) in [6, 6.07) is 0. The summed E-state index contributed by atoms with van der Waals surface area (Å²) in [5.74, 6) is -0.647. The Kier molecular flexibility index (Phi) is 6.84. The van der Waals surface area contributed by atoms with E-state index < -0.39 is 0 Å². The molecule has 5 nitrogen and oxygen atoms in total. The second-order valence-corrected chi connectivity index (χ2v) is 5.02. The Morgan fingerprint density at radius 3 is 1.89 bits per heavy atom. The zero-order valence-corrected chi connectivity index (χ0v) is 12.5. The average molecular weight is 269 g/mol. The number of likely N-dealkylation sites (N-methyl/N-ethyl adjacent to an activating group) is 1. The van der Waals surface area contributed by atoms with Gasteiger partial charge in [0.05, 0.1) is 0 Å². The van der Waals surface area contributed by atoms with E-state index in [0.29, 0.717) is 26.2 Å². The second kappa shape index (κ2) is 8.15. The summed E-state index contributed by atoms with van der Waals surface area (Å²) < 4.78 is 0. The molecule has 110 valence electrons. The zero-order chi connectivity index (χ0) is 14.3. The Morgan fingerprint density at radius 2 is 1.47 bits per heavy atom. The first-order chi connectivity index (χ1) is 9.13. The van der Waals surface area contributed by atoms with Crippen molar-refractivity contribution in [2.24, 2.45) is 0 Å². The molecule has 0 aromatic heterocycles. The van der Waals surface area contributed by atoms with E-state index in [0.717, 1.165) is 32.5 Å². The molecule has 0 N–H and O–H groups in total. The highest BCUT2D eigenvalue weighted by atomic mass is 16.2. The van der Waals surface area contributed by atoms with E-state index in [1.54, 1.807) is 9.80 Å². The standard InChI is InChI=1S/C14H27N3O2/c1-4-7-16(8-5-2)13(18)14(19)17-11-9-15(6-3)10-12-17/h4-12H2,1-3H3. The predicted octanol–water partition coefficient (Wildman–Crippen LogP) is 0.799. The summed E-state index contributed by atoms with van der Waals surface area (Å²) in [6.07, 6.45) is 1.78. The van der Waals surface area contributed by atoms with Gasteiger partial charge in [-0.25, -0.2) is 0 Å². The van der Waals surface area contributed by atoms with E-state index >= 15 is 0 Å². The number of piperazine rings is 1. The summed E-state index contributed by atoms with van der Waals surface area (Å²) in [7, 11) is 0. The van der Waals surface area contributed by atoms with Gasteiger partial charge in [0.15, 0.2) is 0 Å². The van der Waals surface area contributed by atoms with E-state index in [1.165, 1.54) is 0 Å². The molecule has 0 saturated carbocycles. The minimum absolute atomic E-state index is 0.322. The lowest BCUT2D eigenvalue weighted by atomic mass is 10.2. The zero-order valence-electron chi connectivity index (χ0n) is 12.5. The lowest BCUT2D eigenvalue weighted by Crippen LogP contribution is -2.53. The van der Waals surface area contributed by atoms with Gasteiger partial charge in [-0.1, -0.05) is 20.8 Å². The maximum Gasteiger partial charge on any atom is 0.312 e. The molecule has 1 fully saturated rings. The van der Waals surface area contributed by atoms with Gasteiger partial charge in [0.1, 0.15) is 0 Å². The normalized spacial score (nSPS) is 16.5. The maximum atomic E-state index is 12.2. The van der Waals surface area contributed by atoms with Crippen LogP contribution in [0.2, 0.25) is 0 Å². The molecular weight excluding hydrogens is 242 g/mol. The number of amides is 2. The summed E-state index contributed by atoms with van der Waals surface area (Å²) in [5.41, 5.74) is 0. The maximum absolute atomic E-state index is 12.2. The van der Waals surface area contributed by atoms with Crippen LogP contribution < -0.4 is 0 Å². The quantitative estimate of drug-likeness (QED) is 0.693. The number of hydrogen-bond acceptors (Lipinski definition) is 3. The molecule has 2 amide bonds. The van der Waals surface area contributed by atoms with Gasteiger partial charge in [0, 0.05) is 39.3 Å². The molecule has 0 aromatic carbocycles. The lowest BCUT2D eigenvalue weighted by Gasteiger charge is -2.34. The van der Waals surface area contributed by atoms with E-state index in [9.17, 15) is 9.59 Å². The van der Waals surface area contributed by atoms with Crippen molar-refractivity contribution >= 4 is 11.8 Å². The number of carbonyl (C=O) groups is 2. The van der Waals surface area contributed by atoms with Crippen LogP contribution in [0.25, 0.3) is 0 Å². The van der Waals surface area contributed by atoms with Crippen molar-refractivity contribution in [3.05, 3.63) is 0 Å². The van der Waals surface area contributed by atoms with Gasteiger partial charge in [-0.2, -0.15) is 0 Å². The van der Waals surface area contributed by atoms with Crippen LogP contribution >= 0.6 is 0 Å². The molecule has 0 spiro atoms. The Hall–Kier alpha value is -1.10. The van der Waals surface area contributed by atoms with Gasteiger partial charge in [0.2, 0.25) is 0 Å². The molecule has 5 heteroatoms. The fourth-order valence-corrected chi connectivity index (χ4v) is 2.39. The molecule has 0 radical (unpaired) electrons. The second-order valence-electron chi connectivity index (χ2n) is 5.02. The average Bonchev–Trinajstić information content (AvgIpc) is 2.45. The Labute approximate surface area is 116 Å². The van der Waals surface area contributed by atoms with Crippen LogP contribution in [-0.4, -0.2) is 72.3 Å². The molecule has 1 aliphatic heterocycles. The Morgan fingerprint density at radius 1 is 0.947 bits per heavy atom. The van der Waals surface area contributed by atoms with E-state index in [1.807, 2.05) is 13.8 Å². The van der Waals surface area contributed by atoms with E-state index in [2.05, 4.69) is 11.8 Å². The highest BCUT2D eigenvalue weighted by Crippen LogP contribution is 2.05. The van der Waals surface area contributed by atoms with Crippen molar-refractivity contribution in [1.82, 2.24) is 14.7 Å². The first-order valence-corrected chi connectivity index (χ1v) is 7.44. The molecule has 1 heterocycles. The molecule has 0 aromatic rings. The first kappa shape index (κ1) is 16.0. The molecule has 0 bridgehead atoms. The van der Waals surface area contributed by atoms with Crippen molar-refractivity contribution in [2.75, 3.05) is 45.8 Å². The SMILES string of the molecule is CCCN(CCC)C(=O)C(=O)N1CCN(CC)CC1. The van der Waals surface area contributed by atoms with Crippen molar-refractivity contribution in [1.29, 1.82) is 0 Å². The van der Waals surface area contributed by atoms with Crippen LogP contribution in [0.15, 0.2) is 0 Å². The predicted molar refractivity (Wildman–Crippen MR) is 75.9 cm³/mol. The van der Waals surface area contributed by atoms with Gasteiger partial charge >= 0.3 is 11.8 Å². The fraction of sp³-hybridized carbons (Fsp3) is 0.857. The summed E-state index contributed by atoms with van der Waals surface area (Å²) in [6.45, 7) is 11.6. The van der Waals surface area contributed by atoms with Crippen molar-refractivity contribution in [3.63, 3.8) is 0 Å². The summed E-state index contributed by atoms with van der Waals surface area (Å²) in [5, 5.41) is 0. The van der Waals surface area contributed by atoms with Gasteiger partial charge in [-0.05, 0) is 19.4 Å². The molecule has 1 rings (SSSR count). The topological polar surface area (TPSA) is 43.9 Å². The molecule has 1 aliphatic rings. The third kappa shape index (κ3) is 4.49. The van der Waals surface area contributed by atoms with Gasteiger partial charge in [-0.3, -0.25) is 9.59 Å². The number of nitrogens with zero attached hydrogens (tertiary/aromatic N) is 3. The van der Waals surface area contributed by atoms with Crippen LogP contribution in [0.5, 0.6) is 0 Å². The first-order valence-electron chi connectivity index (χ1n) is 7.44. The third-order valence-electron chi connectivity index (χ3n) is 3.56. The van der Waals surface area contributed by atoms with Crippen LogP contribution in [0.3, 0.4) is 0 Å². The molecule has 0 aliphatic carbocycles. The highest BCUT2D eigenvalue weighted by molar-refractivity contribution is 6.34. The number of hydrogen-bond donors (Lipinski definition) is 0. The van der Waals surface area contributed by atoms with Crippen LogP contribution in [0, 0.1) is 0 Å². The van der Waals surface area contributed by atoms with Gasteiger partial charge < -0.3 is 14.7 Å². The monoisotopic (exact) mass is 269 g/mol. The Bertz CT molecular complexity index is 293. The van der Waals surface area contributed by atoms with Crippen LogP contribution in [-0.2, 0) is 9.59 Å². The van der Waals surface area contributed by atoms with Crippen LogP contribution in [0.1, 0.15) is 33.6 Å². The summed E-state index contributed by atoms with van der Waals surface area (Å²) >= 11 is 0. The summed E-state index contributed by atoms with van der Waals surface area (Å²) in [4.78, 5) is 30.1. The lowest BCUT2D eigenvalue weighted by molar-refractivity contribution is -0.152. The van der Waals surface area contributed by atoms with Gasteiger partial charge in [-0.15, -0.1) is 0 Å². The smallest absolute Gasteiger partial charge is 0.312 e. The minimum Gasteiger partial charge on any atom is -0.334 e. The largest absolute Gasteiger partial charge is 0.334 e. The molecule has 0 atom stereocenters. The van der Waals surface area contributed by atoms with Crippen molar-refractivity contribution in [3.8, 4) is 0 Å². The third-order valence-corrected chi connectivity index (χ3v) is 3.56. The molecule has 19 heavy (non-hydrogen) atoms. The van der Waals surface area contributed by atoms with Crippen molar-refractivity contribution < 1.29 is 9.59 Å². The molecular formula is C14H27N3O2.